The molecule has 0 saturated carbocycles. The zero-order valence-corrected chi connectivity index (χ0v) is 13.9. The summed E-state index contributed by atoms with van der Waals surface area (Å²) in [5, 5.41) is 0. The molecule has 0 aliphatic carbocycles. The van der Waals surface area contributed by atoms with E-state index in [4.69, 9.17) is 5.73 Å². The molecule has 23 heavy (non-hydrogen) atoms. The maximum Gasteiger partial charge on any atom is 0.246 e. The summed E-state index contributed by atoms with van der Waals surface area (Å²) in [6, 6.07) is 13.8. The SMILES string of the molecule is Cc1cccc(F)c1S(=O)(=O)N(CCN)CCc1ccccc1. The van der Waals surface area contributed by atoms with Crippen molar-refractivity contribution >= 4 is 10.0 Å². The zero-order valence-electron chi connectivity index (χ0n) is 13.1. The van der Waals surface area contributed by atoms with Crippen molar-refractivity contribution in [2.45, 2.75) is 18.2 Å². The summed E-state index contributed by atoms with van der Waals surface area (Å²) >= 11 is 0. The van der Waals surface area contributed by atoms with E-state index in [1.165, 1.54) is 10.4 Å². The summed E-state index contributed by atoms with van der Waals surface area (Å²) in [4.78, 5) is -0.262. The number of halogens is 1. The summed E-state index contributed by atoms with van der Waals surface area (Å²) in [5.41, 5.74) is 6.97. The van der Waals surface area contributed by atoms with Gasteiger partial charge in [0, 0.05) is 19.6 Å². The first-order chi connectivity index (χ1) is 11.0. The highest BCUT2D eigenvalue weighted by molar-refractivity contribution is 7.89. The number of benzene rings is 2. The average Bonchev–Trinajstić information content (AvgIpc) is 2.52. The van der Waals surface area contributed by atoms with Crippen LogP contribution in [0.2, 0.25) is 0 Å². The lowest BCUT2D eigenvalue weighted by Gasteiger charge is -2.23. The Labute approximate surface area is 136 Å². The van der Waals surface area contributed by atoms with E-state index in [0.717, 1.165) is 11.6 Å². The minimum atomic E-state index is -3.92. The van der Waals surface area contributed by atoms with Crippen LogP contribution in [0.15, 0.2) is 53.4 Å². The lowest BCUT2D eigenvalue weighted by atomic mass is 10.1. The number of hydrogen-bond donors (Lipinski definition) is 1. The van der Waals surface area contributed by atoms with E-state index >= 15 is 0 Å². The van der Waals surface area contributed by atoms with Gasteiger partial charge >= 0.3 is 0 Å². The second-order valence-corrected chi connectivity index (χ2v) is 7.19. The van der Waals surface area contributed by atoms with E-state index in [2.05, 4.69) is 0 Å². The Balaban J connectivity index is 2.28. The van der Waals surface area contributed by atoms with Gasteiger partial charge in [-0.3, -0.25) is 0 Å². The van der Waals surface area contributed by atoms with Crippen LogP contribution in [0.5, 0.6) is 0 Å². The molecule has 0 aromatic heterocycles. The van der Waals surface area contributed by atoms with E-state index < -0.39 is 15.8 Å². The summed E-state index contributed by atoms with van der Waals surface area (Å²) in [6.45, 7) is 2.19. The van der Waals surface area contributed by atoms with Crippen molar-refractivity contribution in [1.82, 2.24) is 4.31 Å². The number of nitrogens with zero attached hydrogens (tertiary/aromatic N) is 1. The monoisotopic (exact) mass is 336 g/mol. The van der Waals surface area contributed by atoms with E-state index in [1.54, 1.807) is 13.0 Å². The third-order valence-electron chi connectivity index (χ3n) is 3.63. The van der Waals surface area contributed by atoms with Crippen molar-refractivity contribution in [3.8, 4) is 0 Å². The van der Waals surface area contributed by atoms with Crippen LogP contribution < -0.4 is 5.73 Å². The van der Waals surface area contributed by atoms with Gasteiger partial charge in [0.05, 0.1) is 0 Å². The smallest absolute Gasteiger partial charge is 0.246 e. The van der Waals surface area contributed by atoms with Crippen LogP contribution in [0.3, 0.4) is 0 Å². The summed E-state index contributed by atoms with van der Waals surface area (Å²) in [5.74, 6) is -0.730. The molecule has 0 spiro atoms. The molecule has 2 aromatic rings. The fraction of sp³-hybridized carbons (Fsp3) is 0.294. The van der Waals surface area contributed by atoms with Crippen LogP contribution in [0.1, 0.15) is 11.1 Å². The van der Waals surface area contributed by atoms with Crippen LogP contribution in [0.4, 0.5) is 4.39 Å². The van der Waals surface area contributed by atoms with E-state index in [9.17, 15) is 12.8 Å². The first kappa shape index (κ1) is 17.6. The fourth-order valence-electron chi connectivity index (χ4n) is 2.47. The summed E-state index contributed by atoms with van der Waals surface area (Å²) in [6.07, 6.45) is 0.549. The second-order valence-electron chi connectivity index (χ2n) is 5.31. The largest absolute Gasteiger partial charge is 0.329 e. The second kappa shape index (κ2) is 7.68. The minimum absolute atomic E-state index is 0.156. The molecule has 2 rings (SSSR count). The molecule has 0 fully saturated rings. The van der Waals surface area contributed by atoms with Crippen molar-refractivity contribution in [1.29, 1.82) is 0 Å². The highest BCUT2D eigenvalue weighted by Gasteiger charge is 2.28. The lowest BCUT2D eigenvalue weighted by molar-refractivity contribution is 0.417. The van der Waals surface area contributed by atoms with Crippen LogP contribution >= 0.6 is 0 Å². The quantitative estimate of drug-likeness (QED) is 0.844. The van der Waals surface area contributed by atoms with Crippen LogP contribution in [0.25, 0.3) is 0 Å². The van der Waals surface area contributed by atoms with Gasteiger partial charge in [0.1, 0.15) is 10.7 Å². The topological polar surface area (TPSA) is 63.4 Å². The first-order valence-corrected chi connectivity index (χ1v) is 8.90. The van der Waals surface area contributed by atoms with E-state index in [0.29, 0.717) is 12.0 Å². The highest BCUT2D eigenvalue weighted by Crippen LogP contribution is 2.23. The minimum Gasteiger partial charge on any atom is -0.329 e. The van der Waals surface area contributed by atoms with Gasteiger partial charge in [0.2, 0.25) is 10.0 Å². The molecule has 2 aromatic carbocycles. The van der Waals surface area contributed by atoms with E-state index in [-0.39, 0.29) is 24.5 Å². The number of nitrogens with two attached hydrogens (primary N) is 1. The van der Waals surface area contributed by atoms with E-state index in [1.807, 2.05) is 30.3 Å². The Morgan fingerprint density at radius 3 is 2.35 bits per heavy atom. The standard InChI is InChI=1S/C17H21FN2O2S/c1-14-6-5-9-16(18)17(14)23(21,22)20(13-11-19)12-10-15-7-3-2-4-8-15/h2-9H,10-13,19H2,1H3. The van der Waals surface area contributed by atoms with Crippen LogP contribution in [0, 0.1) is 12.7 Å². The molecule has 0 aliphatic heterocycles. The Bertz CT molecular complexity index is 728. The first-order valence-electron chi connectivity index (χ1n) is 7.46. The number of sulfonamides is 1. The molecule has 0 heterocycles. The van der Waals surface area contributed by atoms with Gasteiger partial charge < -0.3 is 5.73 Å². The molecule has 0 unspecified atom stereocenters. The van der Waals surface area contributed by atoms with Crippen molar-refractivity contribution in [3.05, 3.63) is 65.5 Å². The molecule has 2 N–H and O–H groups in total. The van der Waals surface area contributed by atoms with Gasteiger partial charge in [-0.25, -0.2) is 12.8 Å². The van der Waals surface area contributed by atoms with Crippen molar-refractivity contribution in [2.24, 2.45) is 5.73 Å². The summed E-state index contributed by atoms with van der Waals surface area (Å²) in [7, 11) is -3.92. The van der Waals surface area contributed by atoms with Crippen LogP contribution in [-0.4, -0.2) is 32.4 Å². The molecule has 0 saturated heterocycles. The highest BCUT2D eigenvalue weighted by atomic mass is 32.2. The van der Waals surface area contributed by atoms with Gasteiger partial charge in [-0.2, -0.15) is 4.31 Å². The molecule has 6 heteroatoms. The molecule has 0 aliphatic rings. The normalized spacial score (nSPS) is 11.8. The number of hydrogen-bond acceptors (Lipinski definition) is 3. The molecular formula is C17H21FN2O2S. The molecule has 0 amide bonds. The molecule has 4 nitrogen and oxygen atoms in total. The van der Waals surface area contributed by atoms with Gasteiger partial charge in [-0.1, -0.05) is 42.5 Å². The lowest BCUT2D eigenvalue weighted by Crippen LogP contribution is -2.37. The van der Waals surface area contributed by atoms with Crippen molar-refractivity contribution in [3.63, 3.8) is 0 Å². The predicted molar refractivity (Wildman–Crippen MR) is 89.1 cm³/mol. The predicted octanol–water partition coefficient (Wildman–Crippen LogP) is 2.33. The Kier molecular flexibility index (Phi) is 5.87. The summed E-state index contributed by atoms with van der Waals surface area (Å²) < 4.78 is 41.0. The zero-order chi connectivity index (χ0) is 16.9. The Morgan fingerprint density at radius 2 is 1.74 bits per heavy atom. The third-order valence-corrected chi connectivity index (χ3v) is 5.71. The van der Waals surface area contributed by atoms with Gasteiger partial charge in [-0.05, 0) is 30.5 Å². The Morgan fingerprint density at radius 1 is 1.04 bits per heavy atom. The maximum atomic E-state index is 14.1. The van der Waals surface area contributed by atoms with Gasteiger partial charge in [0.15, 0.2) is 0 Å². The molecule has 0 radical (unpaired) electrons. The van der Waals surface area contributed by atoms with Gasteiger partial charge in [-0.15, -0.1) is 0 Å². The Hall–Kier alpha value is -1.76. The molecule has 0 atom stereocenters. The fourth-order valence-corrected chi connectivity index (χ4v) is 4.19. The van der Waals surface area contributed by atoms with Crippen molar-refractivity contribution in [2.75, 3.05) is 19.6 Å². The number of aryl methyl sites for hydroxylation is 1. The van der Waals surface area contributed by atoms with Gasteiger partial charge in [0.25, 0.3) is 0 Å². The maximum absolute atomic E-state index is 14.1. The molecule has 124 valence electrons. The van der Waals surface area contributed by atoms with Crippen molar-refractivity contribution < 1.29 is 12.8 Å². The number of rotatable bonds is 7. The molecule has 0 bridgehead atoms. The average molecular weight is 336 g/mol. The third kappa shape index (κ3) is 4.16. The van der Waals surface area contributed by atoms with Crippen LogP contribution in [-0.2, 0) is 16.4 Å². The molecular weight excluding hydrogens is 315 g/mol.